The molecule has 0 aromatic carbocycles. The van der Waals surface area contributed by atoms with Crippen molar-refractivity contribution in [3.8, 4) is 0 Å². The molecule has 0 rings (SSSR count). The van der Waals surface area contributed by atoms with Crippen molar-refractivity contribution in [1.29, 1.82) is 0 Å². The van der Waals surface area contributed by atoms with E-state index in [0.29, 0.717) is 6.54 Å². The summed E-state index contributed by atoms with van der Waals surface area (Å²) in [5.74, 6) is -0.214. The summed E-state index contributed by atoms with van der Waals surface area (Å²) in [6, 6.07) is 0. The van der Waals surface area contributed by atoms with Crippen LogP contribution in [0, 0.1) is 0 Å². The second kappa shape index (κ2) is 5.85. The molecule has 0 unspecified atom stereocenters. The van der Waals surface area contributed by atoms with Gasteiger partial charge in [0.25, 0.3) is 0 Å². The van der Waals surface area contributed by atoms with Crippen molar-refractivity contribution < 1.29 is 9.59 Å². The predicted molar refractivity (Wildman–Crippen MR) is 73.2 cm³/mol. The molecule has 100 valence electrons. The van der Waals surface area contributed by atoms with Crippen molar-refractivity contribution >= 4 is 27.7 Å². The molecule has 0 aromatic heterocycles. The van der Waals surface area contributed by atoms with Crippen LogP contribution in [0.3, 0.4) is 0 Å². The molecular weight excluding hydrogens is 284 g/mol. The Bertz CT molecular complexity index is 290. The molecule has 5 heteroatoms. The van der Waals surface area contributed by atoms with Crippen LogP contribution in [0.1, 0.15) is 41.5 Å². The van der Waals surface area contributed by atoms with Crippen molar-refractivity contribution in [2.75, 3.05) is 13.1 Å². The Morgan fingerprint density at radius 1 is 1.18 bits per heavy atom. The molecule has 0 aliphatic carbocycles. The van der Waals surface area contributed by atoms with Gasteiger partial charge in [-0.25, -0.2) is 0 Å². The molecule has 0 aliphatic rings. The minimum atomic E-state index is -0.634. The summed E-state index contributed by atoms with van der Waals surface area (Å²) in [5, 5.41) is 2.84. The molecule has 0 aliphatic heterocycles. The van der Waals surface area contributed by atoms with Crippen LogP contribution in [-0.4, -0.2) is 39.7 Å². The van der Waals surface area contributed by atoms with Crippen LogP contribution in [0.2, 0.25) is 0 Å². The molecule has 2 amide bonds. The monoisotopic (exact) mass is 306 g/mol. The van der Waals surface area contributed by atoms with E-state index in [0.717, 1.165) is 0 Å². The number of hydrogen-bond acceptors (Lipinski definition) is 2. The lowest BCUT2D eigenvalue weighted by Crippen LogP contribution is -2.50. The molecular formula is C12H23BrN2O2. The lowest BCUT2D eigenvalue weighted by Gasteiger charge is -2.28. The SMILES string of the molecule is CCN(CC(=O)NC(C)(C)C)C(=O)C(C)(C)Br. The van der Waals surface area contributed by atoms with Crippen molar-refractivity contribution in [3.63, 3.8) is 0 Å². The normalized spacial score (nSPS) is 12.2. The molecule has 0 aromatic rings. The summed E-state index contributed by atoms with van der Waals surface area (Å²) < 4.78 is -0.634. The number of likely N-dealkylation sites (N-methyl/N-ethyl adjacent to an activating group) is 1. The first-order chi connectivity index (χ1) is 7.47. The van der Waals surface area contributed by atoms with E-state index in [-0.39, 0.29) is 23.9 Å². The lowest BCUT2D eigenvalue weighted by molar-refractivity contribution is -0.137. The van der Waals surface area contributed by atoms with Crippen molar-refractivity contribution in [2.45, 2.75) is 51.4 Å². The third kappa shape index (κ3) is 6.66. The number of nitrogens with zero attached hydrogens (tertiary/aromatic N) is 1. The van der Waals surface area contributed by atoms with Crippen LogP contribution in [-0.2, 0) is 9.59 Å². The third-order valence-electron chi connectivity index (χ3n) is 2.03. The van der Waals surface area contributed by atoms with Crippen molar-refractivity contribution in [3.05, 3.63) is 0 Å². The van der Waals surface area contributed by atoms with Gasteiger partial charge in [0.15, 0.2) is 0 Å². The highest BCUT2D eigenvalue weighted by Gasteiger charge is 2.29. The summed E-state index contributed by atoms with van der Waals surface area (Å²) in [6.07, 6.45) is 0. The molecule has 0 bridgehead atoms. The molecule has 4 nitrogen and oxygen atoms in total. The fourth-order valence-electron chi connectivity index (χ4n) is 1.33. The lowest BCUT2D eigenvalue weighted by atomic mass is 10.1. The molecule has 0 saturated carbocycles. The van der Waals surface area contributed by atoms with Crippen LogP contribution >= 0.6 is 15.9 Å². The maximum Gasteiger partial charge on any atom is 0.240 e. The first-order valence-electron chi connectivity index (χ1n) is 5.76. The molecule has 0 heterocycles. The fraction of sp³-hybridized carbons (Fsp3) is 0.833. The zero-order chi connectivity index (χ0) is 13.9. The average Bonchev–Trinajstić information content (AvgIpc) is 2.08. The van der Waals surface area contributed by atoms with E-state index in [1.54, 1.807) is 13.8 Å². The van der Waals surface area contributed by atoms with Crippen LogP contribution in [0.15, 0.2) is 0 Å². The van der Waals surface area contributed by atoms with E-state index < -0.39 is 4.32 Å². The van der Waals surface area contributed by atoms with Crippen LogP contribution in [0.4, 0.5) is 0 Å². The maximum absolute atomic E-state index is 12.0. The predicted octanol–water partition coefficient (Wildman–Crippen LogP) is 1.92. The highest BCUT2D eigenvalue weighted by Crippen LogP contribution is 2.19. The van der Waals surface area contributed by atoms with E-state index >= 15 is 0 Å². The standard InChI is InChI=1S/C12H23BrN2O2/c1-7-15(10(17)12(5,6)13)8-9(16)14-11(2,3)4/h7-8H2,1-6H3,(H,14,16). The van der Waals surface area contributed by atoms with E-state index in [9.17, 15) is 9.59 Å². The third-order valence-corrected chi connectivity index (χ3v) is 2.37. The summed E-state index contributed by atoms with van der Waals surface area (Å²) in [5.41, 5.74) is -0.274. The zero-order valence-corrected chi connectivity index (χ0v) is 13.1. The number of amides is 2. The molecule has 17 heavy (non-hydrogen) atoms. The highest BCUT2D eigenvalue weighted by atomic mass is 79.9. The Kier molecular flexibility index (Phi) is 5.65. The van der Waals surface area contributed by atoms with E-state index in [1.165, 1.54) is 4.90 Å². The van der Waals surface area contributed by atoms with Gasteiger partial charge in [-0.2, -0.15) is 0 Å². The van der Waals surface area contributed by atoms with Gasteiger partial charge in [-0.15, -0.1) is 0 Å². The molecule has 0 atom stereocenters. The smallest absolute Gasteiger partial charge is 0.240 e. The second-order valence-corrected chi connectivity index (χ2v) is 7.57. The number of alkyl halides is 1. The Balaban J connectivity index is 4.53. The number of carbonyl (C=O) groups excluding carboxylic acids is 2. The first kappa shape index (κ1) is 16.4. The zero-order valence-electron chi connectivity index (χ0n) is 11.6. The summed E-state index contributed by atoms with van der Waals surface area (Å²) >= 11 is 3.31. The van der Waals surface area contributed by atoms with Crippen LogP contribution < -0.4 is 5.32 Å². The fourth-order valence-corrected chi connectivity index (χ4v) is 1.59. The molecule has 0 spiro atoms. The molecule has 1 N–H and O–H groups in total. The van der Waals surface area contributed by atoms with E-state index in [1.807, 2.05) is 27.7 Å². The number of halogens is 1. The Morgan fingerprint density at radius 2 is 1.65 bits per heavy atom. The van der Waals surface area contributed by atoms with Gasteiger partial charge < -0.3 is 10.2 Å². The Labute approximate surface area is 112 Å². The number of nitrogens with one attached hydrogen (secondary N) is 1. The number of carbonyl (C=O) groups is 2. The van der Waals surface area contributed by atoms with Crippen molar-refractivity contribution in [2.24, 2.45) is 0 Å². The van der Waals surface area contributed by atoms with Gasteiger partial charge in [-0.1, -0.05) is 15.9 Å². The first-order valence-corrected chi connectivity index (χ1v) is 6.56. The van der Waals surface area contributed by atoms with E-state index in [4.69, 9.17) is 0 Å². The van der Waals surface area contributed by atoms with Crippen molar-refractivity contribution in [1.82, 2.24) is 10.2 Å². The van der Waals surface area contributed by atoms with Gasteiger partial charge in [-0.3, -0.25) is 9.59 Å². The van der Waals surface area contributed by atoms with Gasteiger partial charge in [0, 0.05) is 12.1 Å². The topological polar surface area (TPSA) is 49.4 Å². The minimum Gasteiger partial charge on any atom is -0.350 e. The number of hydrogen-bond donors (Lipinski definition) is 1. The second-order valence-electron chi connectivity index (χ2n) is 5.59. The Hall–Kier alpha value is -0.580. The summed E-state index contributed by atoms with van der Waals surface area (Å²) in [4.78, 5) is 25.3. The molecule has 0 fully saturated rings. The summed E-state index contributed by atoms with van der Waals surface area (Å²) in [6.45, 7) is 11.8. The Morgan fingerprint density at radius 3 is 1.94 bits per heavy atom. The average molecular weight is 307 g/mol. The molecule has 0 radical (unpaired) electrons. The van der Waals surface area contributed by atoms with Crippen LogP contribution in [0.5, 0.6) is 0 Å². The highest BCUT2D eigenvalue weighted by molar-refractivity contribution is 9.10. The summed E-state index contributed by atoms with van der Waals surface area (Å²) in [7, 11) is 0. The van der Waals surface area contributed by atoms with Gasteiger partial charge in [-0.05, 0) is 41.5 Å². The largest absolute Gasteiger partial charge is 0.350 e. The van der Waals surface area contributed by atoms with E-state index in [2.05, 4.69) is 21.2 Å². The van der Waals surface area contributed by atoms with Crippen LogP contribution in [0.25, 0.3) is 0 Å². The van der Waals surface area contributed by atoms with Gasteiger partial charge in [0.1, 0.15) is 0 Å². The maximum atomic E-state index is 12.0. The number of rotatable bonds is 4. The minimum absolute atomic E-state index is 0.0796. The molecule has 0 saturated heterocycles. The quantitative estimate of drug-likeness (QED) is 0.807. The van der Waals surface area contributed by atoms with Gasteiger partial charge in [0.2, 0.25) is 11.8 Å². The van der Waals surface area contributed by atoms with Gasteiger partial charge in [0.05, 0.1) is 10.9 Å². The van der Waals surface area contributed by atoms with Gasteiger partial charge >= 0.3 is 0 Å².